The summed E-state index contributed by atoms with van der Waals surface area (Å²) < 4.78 is 16.0. The fourth-order valence-electron chi connectivity index (χ4n) is 4.09. The molecule has 1 spiro atoms. The average Bonchev–Trinajstić information content (AvgIpc) is 3.04. The van der Waals surface area contributed by atoms with Crippen LogP contribution in [0.1, 0.15) is 44.7 Å². The van der Waals surface area contributed by atoms with Crippen molar-refractivity contribution in [1.82, 2.24) is 4.90 Å². The van der Waals surface area contributed by atoms with Crippen molar-refractivity contribution >= 4 is 18.1 Å². The Hall–Kier alpha value is -2.73. The van der Waals surface area contributed by atoms with Crippen molar-refractivity contribution in [1.29, 1.82) is 0 Å². The molecule has 2 heterocycles. The minimum Gasteiger partial charge on any atom is -0.489 e. The van der Waals surface area contributed by atoms with Gasteiger partial charge in [-0.3, -0.25) is 9.89 Å². The molecular formula is C24H29FN2O3. The van der Waals surface area contributed by atoms with E-state index in [1.54, 1.807) is 0 Å². The standard InChI is InChI=1S/C23H28N2O.CHFO2/c1-22(2,3)25-13-11-23(12-14-25)17-24-21-10-9-19(15-20(21)23)26-16-18-7-5-4-6-8-18;2-1(3)4/h4-10,15,17H,11-14,16H2,1-3H3;(H,3,4). The van der Waals surface area contributed by atoms with Gasteiger partial charge in [0, 0.05) is 17.2 Å². The first-order chi connectivity index (χ1) is 14.2. The van der Waals surface area contributed by atoms with Gasteiger partial charge in [0.1, 0.15) is 12.4 Å². The minimum atomic E-state index is -2.33. The Morgan fingerprint density at radius 3 is 2.40 bits per heavy atom. The molecule has 0 aromatic heterocycles. The van der Waals surface area contributed by atoms with Crippen molar-refractivity contribution in [3.8, 4) is 5.75 Å². The van der Waals surface area contributed by atoms with Gasteiger partial charge in [-0.1, -0.05) is 30.3 Å². The third kappa shape index (κ3) is 5.25. The zero-order chi connectivity index (χ0) is 21.8. The summed E-state index contributed by atoms with van der Waals surface area (Å²) in [5, 5.41) is 6.75. The highest BCUT2D eigenvalue weighted by atomic mass is 19.1. The molecule has 0 atom stereocenters. The number of fused-ring (bicyclic) bond motifs is 2. The lowest BCUT2D eigenvalue weighted by Crippen LogP contribution is -2.50. The van der Waals surface area contributed by atoms with Gasteiger partial charge < -0.3 is 9.84 Å². The fraction of sp³-hybridized carbons (Fsp3) is 0.417. The van der Waals surface area contributed by atoms with Crippen LogP contribution in [-0.4, -0.2) is 41.1 Å². The number of piperidine rings is 1. The molecule has 2 aliphatic rings. The molecule has 2 aromatic rings. The quantitative estimate of drug-likeness (QED) is 0.652. The van der Waals surface area contributed by atoms with Gasteiger partial charge in [-0.2, -0.15) is 0 Å². The van der Waals surface area contributed by atoms with Crippen molar-refractivity contribution in [3.05, 3.63) is 59.7 Å². The van der Waals surface area contributed by atoms with Crippen LogP contribution in [0.15, 0.2) is 53.5 Å². The normalized spacial score (nSPS) is 17.2. The molecule has 160 valence electrons. The van der Waals surface area contributed by atoms with E-state index in [9.17, 15) is 4.39 Å². The zero-order valence-electron chi connectivity index (χ0n) is 17.8. The van der Waals surface area contributed by atoms with Crippen LogP contribution in [0.4, 0.5) is 14.9 Å². The van der Waals surface area contributed by atoms with E-state index in [0.29, 0.717) is 6.61 Å². The maximum Gasteiger partial charge on any atom is 0.492 e. The van der Waals surface area contributed by atoms with Crippen LogP contribution in [0, 0.1) is 0 Å². The van der Waals surface area contributed by atoms with E-state index in [0.717, 1.165) is 37.4 Å². The van der Waals surface area contributed by atoms with E-state index >= 15 is 0 Å². The third-order valence-corrected chi connectivity index (χ3v) is 5.81. The number of halogens is 1. The molecule has 1 saturated heterocycles. The molecule has 30 heavy (non-hydrogen) atoms. The van der Waals surface area contributed by atoms with Crippen LogP contribution >= 0.6 is 0 Å². The Labute approximate surface area is 177 Å². The highest BCUT2D eigenvalue weighted by molar-refractivity contribution is 5.85. The Kier molecular flexibility index (Phi) is 6.56. The lowest BCUT2D eigenvalue weighted by Gasteiger charge is -2.44. The van der Waals surface area contributed by atoms with Crippen molar-refractivity contribution in [2.75, 3.05) is 13.1 Å². The van der Waals surface area contributed by atoms with Crippen molar-refractivity contribution in [3.63, 3.8) is 0 Å². The van der Waals surface area contributed by atoms with Crippen LogP contribution in [0.3, 0.4) is 0 Å². The zero-order valence-corrected chi connectivity index (χ0v) is 17.8. The number of carboxylic acid groups (broad SMARTS) is 1. The first kappa shape index (κ1) is 22.0. The number of hydrogen-bond acceptors (Lipinski definition) is 4. The molecule has 1 fully saturated rings. The van der Waals surface area contributed by atoms with Gasteiger partial charge in [0.05, 0.1) is 5.69 Å². The van der Waals surface area contributed by atoms with Crippen molar-refractivity contribution < 1.29 is 19.0 Å². The molecule has 0 saturated carbocycles. The number of hydrogen-bond donors (Lipinski definition) is 1. The number of carbonyl (C=O) groups is 1. The summed E-state index contributed by atoms with van der Waals surface area (Å²) in [4.78, 5) is 15.6. The highest BCUT2D eigenvalue weighted by Gasteiger charge is 2.41. The molecule has 0 bridgehead atoms. The summed E-state index contributed by atoms with van der Waals surface area (Å²) in [6.45, 7) is 9.74. The predicted octanol–water partition coefficient (Wildman–Crippen LogP) is 5.75. The fourth-order valence-corrected chi connectivity index (χ4v) is 4.09. The van der Waals surface area contributed by atoms with E-state index < -0.39 is 6.22 Å². The van der Waals surface area contributed by atoms with E-state index in [4.69, 9.17) is 19.6 Å². The van der Waals surface area contributed by atoms with Crippen LogP contribution in [-0.2, 0) is 12.0 Å². The number of likely N-dealkylation sites (tertiary alicyclic amines) is 1. The van der Waals surface area contributed by atoms with Gasteiger partial charge in [-0.15, -0.1) is 4.39 Å². The molecule has 6 heteroatoms. The van der Waals surface area contributed by atoms with Gasteiger partial charge in [0.15, 0.2) is 0 Å². The first-order valence-corrected chi connectivity index (χ1v) is 10.2. The highest BCUT2D eigenvalue weighted by Crippen LogP contribution is 2.45. The van der Waals surface area contributed by atoms with Gasteiger partial charge in [0.2, 0.25) is 0 Å². The second kappa shape index (κ2) is 8.96. The molecular weight excluding hydrogens is 383 g/mol. The third-order valence-electron chi connectivity index (χ3n) is 5.81. The predicted molar refractivity (Wildman–Crippen MR) is 117 cm³/mol. The minimum absolute atomic E-state index is 0.0865. The monoisotopic (exact) mass is 412 g/mol. The van der Waals surface area contributed by atoms with Crippen molar-refractivity contribution in [2.24, 2.45) is 4.99 Å². The SMILES string of the molecule is CC(C)(C)N1CCC2(C=Nc3ccc(OCc4ccccc4)cc32)CC1.O=C(O)F. The first-order valence-electron chi connectivity index (χ1n) is 10.2. The van der Waals surface area contributed by atoms with E-state index in [-0.39, 0.29) is 11.0 Å². The second-order valence-corrected chi connectivity index (χ2v) is 8.78. The number of nitrogens with zero attached hydrogens (tertiary/aromatic N) is 2. The Morgan fingerprint density at radius 1 is 1.17 bits per heavy atom. The number of rotatable bonds is 3. The molecule has 0 unspecified atom stereocenters. The Bertz CT molecular complexity index is 894. The smallest absolute Gasteiger partial charge is 0.489 e. The second-order valence-electron chi connectivity index (χ2n) is 8.78. The molecule has 2 aromatic carbocycles. The maximum atomic E-state index is 9.92. The summed E-state index contributed by atoms with van der Waals surface area (Å²) in [6.07, 6.45) is 2.12. The van der Waals surface area contributed by atoms with Crippen molar-refractivity contribution in [2.45, 2.75) is 51.2 Å². The maximum absolute atomic E-state index is 9.92. The van der Waals surface area contributed by atoms with Crippen LogP contribution in [0.5, 0.6) is 5.75 Å². The summed E-state index contributed by atoms with van der Waals surface area (Å²) in [7, 11) is 0. The van der Waals surface area contributed by atoms with E-state index in [2.05, 4.69) is 56.2 Å². The molecule has 4 rings (SSSR count). The largest absolute Gasteiger partial charge is 0.492 e. The Balaban J connectivity index is 0.000000589. The number of benzene rings is 2. The number of aliphatic imine (C=N–C) groups is 1. The summed E-state index contributed by atoms with van der Waals surface area (Å²) in [5.74, 6) is 0.940. The summed E-state index contributed by atoms with van der Waals surface area (Å²) in [5.41, 5.74) is 3.97. The summed E-state index contributed by atoms with van der Waals surface area (Å²) in [6, 6.07) is 16.7. The molecule has 5 nitrogen and oxygen atoms in total. The molecule has 0 amide bonds. The topological polar surface area (TPSA) is 62.1 Å². The average molecular weight is 413 g/mol. The van der Waals surface area contributed by atoms with Gasteiger partial charge in [0.25, 0.3) is 0 Å². The van der Waals surface area contributed by atoms with E-state index in [1.807, 2.05) is 24.3 Å². The van der Waals surface area contributed by atoms with Crippen LogP contribution in [0.2, 0.25) is 0 Å². The molecule has 1 N–H and O–H groups in total. The van der Waals surface area contributed by atoms with E-state index in [1.165, 1.54) is 11.1 Å². The van der Waals surface area contributed by atoms with Crippen LogP contribution < -0.4 is 4.74 Å². The van der Waals surface area contributed by atoms with Gasteiger partial charge in [-0.25, -0.2) is 4.79 Å². The lowest BCUT2D eigenvalue weighted by molar-refractivity contribution is 0.0927. The molecule has 0 aliphatic carbocycles. The van der Waals surface area contributed by atoms with Crippen LogP contribution in [0.25, 0.3) is 0 Å². The lowest BCUT2D eigenvalue weighted by atomic mass is 9.74. The molecule has 2 aliphatic heterocycles. The van der Waals surface area contributed by atoms with Gasteiger partial charge >= 0.3 is 6.22 Å². The number of ether oxygens (including phenoxy) is 1. The van der Waals surface area contributed by atoms with Gasteiger partial charge in [-0.05, 0) is 76.0 Å². The summed E-state index contributed by atoms with van der Waals surface area (Å²) >= 11 is 0. The Morgan fingerprint density at radius 2 is 1.80 bits per heavy atom. The molecule has 0 radical (unpaired) electrons.